The van der Waals surface area contributed by atoms with Crippen LogP contribution in [0.2, 0.25) is 4.34 Å². The molecule has 2 aromatic rings. The molecule has 0 aliphatic carbocycles. The van der Waals surface area contributed by atoms with Crippen LogP contribution >= 0.6 is 22.9 Å². The smallest absolute Gasteiger partial charge is 0.250 e. The van der Waals surface area contributed by atoms with Crippen LogP contribution in [0.25, 0.3) is 0 Å². The largest absolute Gasteiger partial charge is 0.356 e. The lowest BCUT2D eigenvalue weighted by Crippen LogP contribution is -2.39. The van der Waals surface area contributed by atoms with Gasteiger partial charge >= 0.3 is 0 Å². The Labute approximate surface area is 156 Å². The first kappa shape index (κ1) is 18.1. The van der Waals surface area contributed by atoms with Crippen molar-refractivity contribution in [3.63, 3.8) is 0 Å². The van der Waals surface area contributed by atoms with Gasteiger partial charge in [0.15, 0.2) is 0 Å². The molecule has 0 unspecified atom stereocenters. The number of thiophene rings is 1. The molecule has 1 aliphatic heterocycles. The van der Waals surface area contributed by atoms with Gasteiger partial charge in [-0.15, -0.1) is 11.3 Å². The average molecular weight is 397 g/mol. The lowest BCUT2D eigenvalue weighted by Gasteiger charge is -2.33. The number of sulfonamides is 1. The van der Waals surface area contributed by atoms with Crippen LogP contribution in [0.5, 0.6) is 0 Å². The van der Waals surface area contributed by atoms with E-state index in [0.717, 1.165) is 37.3 Å². The molecule has 0 radical (unpaired) electrons. The summed E-state index contributed by atoms with van der Waals surface area (Å²) in [6, 6.07) is 8.77. The third-order valence-corrected chi connectivity index (χ3v) is 7.34. The maximum absolute atomic E-state index is 12.2. The Bertz CT molecular complexity index is 884. The number of nitrogens with zero attached hydrogens (tertiary/aromatic N) is 3. The molecule has 1 fully saturated rings. The fourth-order valence-electron chi connectivity index (χ4n) is 2.83. The van der Waals surface area contributed by atoms with E-state index in [4.69, 9.17) is 11.6 Å². The van der Waals surface area contributed by atoms with Gasteiger partial charge in [-0.3, -0.25) is 0 Å². The van der Waals surface area contributed by atoms with Crippen LogP contribution in [0.15, 0.2) is 34.7 Å². The van der Waals surface area contributed by atoms with Gasteiger partial charge in [-0.05, 0) is 43.0 Å². The van der Waals surface area contributed by atoms with Crippen molar-refractivity contribution in [3.05, 3.63) is 40.4 Å². The van der Waals surface area contributed by atoms with Crippen molar-refractivity contribution in [2.75, 3.05) is 24.5 Å². The van der Waals surface area contributed by atoms with E-state index in [1.54, 1.807) is 24.4 Å². The topological polar surface area (TPSA) is 86.1 Å². The highest BCUT2D eigenvalue weighted by Crippen LogP contribution is 2.27. The van der Waals surface area contributed by atoms with E-state index in [2.05, 4.69) is 20.7 Å². The summed E-state index contributed by atoms with van der Waals surface area (Å²) in [5.41, 5.74) is 0.566. The van der Waals surface area contributed by atoms with Crippen LogP contribution in [0.1, 0.15) is 18.4 Å². The van der Waals surface area contributed by atoms with Crippen molar-refractivity contribution < 1.29 is 8.42 Å². The number of halogens is 1. The maximum atomic E-state index is 12.2. The second-order valence-corrected chi connectivity index (χ2v) is 9.54. The summed E-state index contributed by atoms with van der Waals surface area (Å²) in [7, 11) is -3.50. The van der Waals surface area contributed by atoms with Crippen molar-refractivity contribution in [2.24, 2.45) is 5.92 Å². The minimum Gasteiger partial charge on any atom is -0.356 e. The van der Waals surface area contributed by atoms with Crippen molar-refractivity contribution in [2.45, 2.75) is 17.1 Å². The van der Waals surface area contributed by atoms with Gasteiger partial charge in [-0.1, -0.05) is 11.6 Å². The second kappa shape index (κ2) is 7.70. The zero-order chi connectivity index (χ0) is 17.9. The number of hydrogen-bond donors (Lipinski definition) is 1. The lowest BCUT2D eigenvalue weighted by molar-refractivity contribution is 0.400. The number of hydrogen-bond acceptors (Lipinski definition) is 6. The molecule has 0 bridgehead atoms. The highest BCUT2D eigenvalue weighted by molar-refractivity contribution is 7.91. The van der Waals surface area contributed by atoms with Crippen LogP contribution in [0, 0.1) is 17.2 Å². The molecular weight excluding hydrogens is 380 g/mol. The molecule has 9 heteroatoms. The van der Waals surface area contributed by atoms with Gasteiger partial charge < -0.3 is 4.90 Å². The summed E-state index contributed by atoms with van der Waals surface area (Å²) in [4.78, 5) is 6.39. The van der Waals surface area contributed by atoms with E-state index in [1.165, 1.54) is 6.07 Å². The van der Waals surface area contributed by atoms with Crippen LogP contribution in [0.4, 0.5) is 5.82 Å². The van der Waals surface area contributed by atoms with Gasteiger partial charge in [0.2, 0.25) is 10.0 Å². The second-order valence-electron chi connectivity index (χ2n) is 5.83. The van der Waals surface area contributed by atoms with Crippen LogP contribution in [0.3, 0.4) is 0 Å². The van der Waals surface area contributed by atoms with Gasteiger partial charge in [-0.25, -0.2) is 18.1 Å². The highest BCUT2D eigenvalue weighted by Gasteiger charge is 2.24. The Hall–Kier alpha value is -1.66. The van der Waals surface area contributed by atoms with Gasteiger partial charge in [0.05, 0.1) is 9.90 Å². The molecule has 25 heavy (non-hydrogen) atoms. The first-order valence-electron chi connectivity index (χ1n) is 7.84. The minimum atomic E-state index is -3.50. The Kier molecular flexibility index (Phi) is 5.59. The standard InChI is InChI=1S/C16H17ClN4O2S2/c17-14-3-4-15(24-14)25(22,23)20-11-12-5-8-21(9-6-12)16-13(10-18)2-1-7-19-16/h1-4,7,12,20H,5-6,8-9,11H2. The Morgan fingerprint density at radius 3 is 2.76 bits per heavy atom. The van der Waals surface area contributed by atoms with E-state index in [-0.39, 0.29) is 10.1 Å². The molecule has 0 aromatic carbocycles. The molecule has 0 saturated carbocycles. The van der Waals surface area contributed by atoms with E-state index in [9.17, 15) is 13.7 Å². The zero-order valence-corrected chi connectivity index (χ0v) is 15.7. The molecule has 3 rings (SSSR count). The molecule has 132 valence electrons. The monoisotopic (exact) mass is 396 g/mol. The number of aromatic nitrogens is 1. The quantitative estimate of drug-likeness (QED) is 0.839. The first-order valence-corrected chi connectivity index (χ1v) is 10.5. The fourth-order valence-corrected chi connectivity index (χ4v) is 5.47. The SMILES string of the molecule is N#Cc1cccnc1N1CCC(CNS(=O)(=O)c2ccc(Cl)s2)CC1. The van der Waals surface area contributed by atoms with Crippen molar-refractivity contribution in [1.82, 2.24) is 9.71 Å². The highest BCUT2D eigenvalue weighted by atomic mass is 35.5. The maximum Gasteiger partial charge on any atom is 0.250 e. The molecule has 1 saturated heterocycles. The molecule has 0 amide bonds. The normalized spacial score (nSPS) is 15.9. The van der Waals surface area contributed by atoms with Gasteiger partial charge in [0.25, 0.3) is 0 Å². The van der Waals surface area contributed by atoms with Crippen LogP contribution in [-0.4, -0.2) is 33.0 Å². The van der Waals surface area contributed by atoms with Crippen LogP contribution < -0.4 is 9.62 Å². The summed E-state index contributed by atoms with van der Waals surface area (Å²) in [5, 5.41) is 9.18. The van der Waals surface area contributed by atoms with Gasteiger partial charge in [0.1, 0.15) is 16.1 Å². The number of rotatable bonds is 5. The molecule has 0 spiro atoms. The number of anilines is 1. The average Bonchev–Trinajstić information content (AvgIpc) is 3.08. The third-order valence-electron chi connectivity index (χ3n) is 4.20. The Balaban J connectivity index is 1.56. The van der Waals surface area contributed by atoms with Crippen molar-refractivity contribution in [3.8, 4) is 6.07 Å². The minimum absolute atomic E-state index is 0.238. The lowest BCUT2D eigenvalue weighted by atomic mass is 9.97. The molecule has 2 aromatic heterocycles. The van der Waals surface area contributed by atoms with E-state index >= 15 is 0 Å². The molecule has 3 heterocycles. The number of nitrogens with one attached hydrogen (secondary N) is 1. The predicted molar refractivity (Wildman–Crippen MR) is 98.4 cm³/mol. The van der Waals surface area contributed by atoms with E-state index in [1.807, 2.05) is 0 Å². The number of nitriles is 1. The molecule has 1 N–H and O–H groups in total. The number of piperidine rings is 1. The van der Waals surface area contributed by atoms with Gasteiger partial charge in [0, 0.05) is 25.8 Å². The fraction of sp³-hybridized carbons (Fsp3) is 0.375. The molecule has 1 aliphatic rings. The predicted octanol–water partition coefficient (Wildman–Crippen LogP) is 2.86. The summed E-state index contributed by atoms with van der Waals surface area (Å²) in [5.74, 6) is 0.966. The Morgan fingerprint density at radius 2 is 2.12 bits per heavy atom. The van der Waals surface area contributed by atoms with Crippen molar-refractivity contribution in [1.29, 1.82) is 5.26 Å². The van der Waals surface area contributed by atoms with Crippen LogP contribution in [-0.2, 0) is 10.0 Å². The third kappa shape index (κ3) is 4.30. The van der Waals surface area contributed by atoms with E-state index < -0.39 is 10.0 Å². The van der Waals surface area contributed by atoms with E-state index in [0.29, 0.717) is 22.3 Å². The molecule has 6 nitrogen and oxygen atoms in total. The van der Waals surface area contributed by atoms with Crippen molar-refractivity contribution >= 4 is 38.8 Å². The molecule has 0 atom stereocenters. The van der Waals surface area contributed by atoms with Gasteiger partial charge in [-0.2, -0.15) is 5.26 Å². The summed E-state index contributed by atoms with van der Waals surface area (Å²) in [6.07, 6.45) is 3.37. The summed E-state index contributed by atoms with van der Waals surface area (Å²) < 4.78 is 27.9. The molecular formula is C16H17ClN4O2S2. The number of pyridine rings is 1. The Morgan fingerprint density at radius 1 is 1.36 bits per heavy atom. The zero-order valence-electron chi connectivity index (χ0n) is 13.4. The summed E-state index contributed by atoms with van der Waals surface area (Å²) >= 11 is 6.86. The first-order chi connectivity index (χ1) is 12.0. The summed E-state index contributed by atoms with van der Waals surface area (Å²) in [6.45, 7) is 1.91.